The number of carbonyl (C=O) groups excluding carboxylic acids is 1. The molecule has 0 N–H and O–H groups in total. The molecule has 0 spiro atoms. The Hall–Kier alpha value is -2.56. The van der Waals surface area contributed by atoms with Crippen LogP contribution in [0.4, 0.5) is 18.9 Å². The van der Waals surface area contributed by atoms with Crippen molar-refractivity contribution in [2.24, 2.45) is 0 Å². The number of nitro groups is 1. The van der Waals surface area contributed by atoms with Crippen LogP contribution < -0.4 is 0 Å². The van der Waals surface area contributed by atoms with Crippen LogP contribution in [-0.2, 0) is 15.7 Å². The van der Waals surface area contributed by atoms with Crippen molar-refractivity contribution < 1.29 is 27.6 Å². The third-order valence-electron chi connectivity index (χ3n) is 2.23. The molecule has 0 unspecified atom stereocenters. The number of nitrogens with zero attached hydrogens (tertiary/aromatic N) is 1. The molecule has 0 fully saturated rings. The van der Waals surface area contributed by atoms with Gasteiger partial charge in [-0.25, -0.2) is 0 Å². The molecule has 0 saturated heterocycles. The Balaban J connectivity index is 3.07. The highest BCUT2D eigenvalue weighted by Crippen LogP contribution is 2.32. The van der Waals surface area contributed by atoms with Crippen LogP contribution >= 0.6 is 0 Å². The minimum absolute atomic E-state index is 0.162. The molecular formula is C13H10F3NO4. The predicted molar refractivity (Wildman–Crippen MR) is 66.2 cm³/mol. The van der Waals surface area contributed by atoms with E-state index in [0.29, 0.717) is 12.1 Å². The number of hydrogen-bond acceptors (Lipinski definition) is 4. The van der Waals surface area contributed by atoms with E-state index in [2.05, 4.69) is 16.6 Å². The maximum Gasteiger partial charge on any atom is 0.416 e. The average molecular weight is 301 g/mol. The molecule has 112 valence electrons. The molecular weight excluding hydrogens is 291 g/mol. The SMILES string of the molecule is CCOC(=O)CC#Cc1cc([N+](=O)[O-])cc(C(F)(F)F)c1. The zero-order chi connectivity index (χ0) is 16.0. The molecule has 0 bridgehead atoms. The van der Waals surface area contributed by atoms with Crippen molar-refractivity contribution in [2.75, 3.05) is 6.61 Å². The number of esters is 1. The summed E-state index contributed by atoms with van der Waals surface area (Å²) in [6.07, 6.45) is -5.03. The number of non-ortho nitro benzene ring substituents is 1. The highest BCUT2D eigenvalue weighted by Gasteiger charge is 2.32. The van der Waals surface area contributed by atoms with Crippen molar-refractivity contribution >= 4 is 11.7 Å². The van der Waals surface area contributed by atoms with E-state index in [0.717, 1.165) is 6.07 Å². The minimum atomic E-state index is -4.72. The van der Waals surface area contributed by atoms with Crippen molar-refractivity contribution in [3.05, 3.63) is 39.4 Å². The van der Waals surface area contributed by atoms with Gasteiger partial charge in [0.1, 0.15) is 6.42 Å². The number of benzene rings is 1. The van der Waals surface area contributed by atoms with E-state index in [9.17, 15) is 28.1 Å². The van der Waals surface area contributed by atoms with Gasteiger partial charge in [-0.05, 0) is 13.0 Å². The van der Waals surface area contributed by atoms with Crippen LogP contribution in [0.5, 0.6) is 0 Å². The Bertz CT molecular complexity index is 614. The monoisotopic (exact) mass is 301 g/mol. The molecule has 0 amide bonds. The molecule has 8 heteroatoms. The number of nitro benzene ring substituents is 1. The van der Waals surface area contributed by atoms with Crippen molar-refractivity contribution in [1.29, 1.82) is 0 Å². The number of hydrogen-bond donors (Lipinski definition) is 0. The van der Waals surface area contributed by atoms with Crippen molar-refractivity contribution in [2.45, 2.75) is 19.5 Å². The van der Waals surface area contributed by atoms with Crippen LogP contribution in [0.1, 0.15) is 24.5 Å². The van der Waals surface area contributed by atoms with E-state index in [1.807, 2.05) is 0 Å². The van der Waals surface area contributed by atoms with Gasteiger partial charge >= 0.3 is 12.1 Å². The van der Waals surface area contributed by atoms with Crippen LogP contribution in [0.3, 0.4) is 0 Å². The van der Waals surface area contributed by atoms with E-state index in [1.165, 1.54) is 0 Å². The smallest absolute Gasteiger partial charge is 0.416 e. The molecule has 0 aliphatic rings. The van der Waals surface area contributed by atoms with E-state index < -0.39 is 28.3 Å². The lowest BCUT2D eigenvalue weighted by atomic mass is 10.1. The summed E-state index contributed by atoms with van der Waals surface area (Å²) in [5.41, 5.74) is -2.08. The third-order valence-corrected chi connectivity index (χ3v) is 2.23. The zero-order valence-electron chi connectivity index (χ0n) is 10.9. The normalized spacial score (nSPS) is 10.5. The van der Waals surface area contributed by atoms with E-state index in [1.54, 1.807) is 6.92 Å². The first-order valence-corrected chi connectivity index (χ1v) is 5.75. The summed E-state index contributed by atoms with van der Waals surface area (Å²) in [6, 6.07) is 2.02. The van der Waals surface area contributed by atoms with E-state index >= 15 is 0 Å². The number of alkyl halides is 3. The average Bonchev–Trinajstić information content (AvgIpc) is 2.37. The van der Waals surface area contributed by atoms with Crippen LogP contribution in [0, 0.1) is 22.0 Å². The van der Waals surface area contributed by atoms with Gasteiger partial charge in [0.15, 0.2) is 0 Å². The fraction of sp³-hybridized carbons (Fsp3) is 0.308. The molecule has 0 aliphatic carbocycles. The van der Waals surface area contributed by atoms with Gasteiger partial charge in [-0.1, -0.05) is 11.8 Å². The maximum atomic E-state index is 12.6. The number of carbonyl (C=O) groups is 1. The molecule has 1 rings (SSSR count). The fourth-order valence-corrected chi connectivity index (χ4v) is 1.38. The lowest BCUT2D eigenvalue weighted by Crippen LogP contribution is -2.06. The predicted octanol–water partition coefficient (Wildman–Crippen LogP) is 2.92. The van der Waals surface area contributed by atoms with Crippen molar-refractivity contribution in [3.63, 3.8) is 0 Å². The lowest BCUT2D eigenvalue weighted by Gasteiger charge is -2.06. The quantitative estimate of drug-likeness (QED) is 0.372. The molecule has 1 aromatic rings. The largest absolute Gasteiger partial charge is 0.465 e. The summed E-state index contributed by atoms with van der Waals surface area (Å²) in [4.78, 5) is 20.7. The van der Waals surface area contributed by atoms with Crippen LogP contribution in [-0.4, -0.2) is 17.5 Å². The van der Waals surface area contributed by atoms with Gasteiger partial charge in [0.05, 0.1) is 17.1 Å². The fourth-order valence-electron chi connectivity index (χ4n) is 1.38. The van der Waals surface area contributed by atoms with Crippen molar-refractivity contribution in [3.8, 4) is 11.8 Å². The van der Waals surface area contributed by atoms with Gasteiger partial charge in [-0.3, -0.25) is 14.9 Å². The van der Waals surface area contributed by atoms with E-state index in [4.69, 9.17) is 0 Å². The van der Waals surface area contributed by atoms with Crippen LogP contribution in [0.15, 0.2) is 18.2 Å². The van der Waals surface area contributed by atoms with E-state index in [-0.39, 0.29) is 18.6 Å². The molecule has 1 aromatic carbocycles. The highest BCUT2D eigenvalue weighted by atomic mass is 19.4. The number of rotatable bonds is 3. The van der Waals surface area contributed by atoms with Crippen LogP contribution in [0.2, 0.25) is 0 Å². The van der Waals surface area contributed by atoms with Gasteiger partial charge in [-0.2, -0.15) is 13.2 Å². The van der Waals surface area contributed by atoms with Gasteiger partial charge in [-0.15, -0.1) is 0 Å². The van der Waals surface area contributed by atoms with Gasteiger partial charge < -0.3 is 4.74 Å². The summed E-state index contributed by atoms with van der Waals surface area (Å²) in [5, 5.41) is 10.6. The first-order valence-electron chi connectivity index (χ1n) is 5.75. The zero-order valence-corrected chi connectivity index (χ0v) is 10.9. The Labute approximate surface area is 117 Å². The standard InChI is InChI=1S/C13H10F3NO4/c1-2-21-12(18)5-3-4-9-6-10(13(14,15)16)8-11(7-9)17(19)20/h6-8H,2,5H2,1H3. The topological polar surface area (TPSA) is 69.4 Å². The molecule has 0 radical (unpaired) electrons. The van der Waals surface area contributed by atoms with Crippen LogP contribution in [0.25, 0.3) is 0 Å². The first kappa shape index (κ1) is 16.5. The summed E-state index contributed by atoms with van der Waals surface area (Å²) in [6.45, 7) is 1.76. The number of ether oxygens (including phenoxy) is 1. The Morgan fingerprint density at radius 3 is 2.57 bits per heavy atom. The summed E-state index contributed by atoms with van der Waals surface area (Å²) >= 11 is 0. The van der Waals surface area contributed by atoms with Gasteiger partial charge in [0.25, 0.3) is 5.69 Å². The third kappa shape index (κ3) is 5.14. The Morgan fingerprint density at radius 1 is 1.38 bits per heavy atom. The minimum Gasteiger partial charge on any atom is -0.465 e. The molecule has 0 atom stereocenters. The van der Waals surface area contributed by atoms with Gasteiger partial charge in [0, 0.05) is 17.7 Å². The second-order valence-corrected chi connectivity index (χ2v) is 3.81. The molecule has 21 heavy (non-hydrogen) atoms. The highest BCUT2D eigenvalue weighted by molar-refractivity contribution is 5.72. The van der Waals surface area contributed by atoms with Crippen molar-refractivity contribution in [1.82, 2.24) is 0 Å². The molecule has 0 aliphatic heterocycles. The molecule has 0 saturated carbocycles. The second-order valence-electron chi connectivity index (χ2n) is 3.81. The maximum absolute atomic E-state index is 12.6. The second kappa shape index (κ2) is 6.74. The first-order chi connectivity index (χ1) is 9.74. The Kier molecular flexibility index (Phi) is 5.30. The molecule has 0 heterocycles. The molecule has 0 aromatic heterocycles. The Morgan fingerprint density at radius 2 is 2.05 bits per heavy atom. The van der Waals surface area contributed by atoms with Gasteiger partial charge in [0.2, 0.25) is 0 Å². The summed E-state index contributed by atoms with van der Waals surface area (Å²) in [5.74, 6) is 3.98. The lowest BCUT2D eigenvalue weighted by molar-refractivity contribution is -0.385. The summed E-state index contributed by atoms with van der Waals surface area (Å²) in [7, 11) is 0. The summed E-state index contributed by atoms with van der Waals surface area (Å²) < 4.78 is 42.4. The molecule has 5 nitrogen and oxygen atoms in total. The number of halogens is 3.